The molecule has 0 bridgehead atoms. The molecule has 1 unspecified atom stereocenters. The van der Waals surface area contributed by atoms with E-state index in [1.807, 2.05) is 24.3 Å². The van der Waals surface area contributed by atoms with Gasteiger partial charge in [0.2, 0.25) is 5.90 Å². The lowest BCUT2D eigenvalue weighted by atomic mass is 9.91. The summed E-state index contributed by atoms with van der Waals surface area (Å²) in [6.45, 7) is 7.63. The fourth-order valence-electron chi connectivity index (χ4n) is 5.09. The number of aliphatic hydroxyl groups excluding tert-OH is 1. The lowest BCUT2D eigenvalue weighted by Crippen LogP contribution is -2.43. The first-order valence-corrected chi connectivity index (χ1v) is 14.0. The van der Waals surface area contributed by atoms with Crippen molar-refractivity contribution in [3.8, 4) is 0 Å². The van der Waals surface area contributed by atoms with E-state index in [4.69, 9.17) is 9.47 Å². The van der Waals surface area contributed by atoms with Crippen molar-refractivity contribution in [2.75, 3.05) is 39.5 Å². The van der Waals surface area contributed by atoms with Gasteiger partial charge in [-0.15, -0.1) is 4.40 Å². The fraction of sp³-hybridized carbons (Fsp3) is 0.519. The SMILES string of the molecule is CC1(C)OC(C[C@@H](CCO)c2ccccc2F)=NS(=O)(=O)C1c1ccc(CCN2CCOCC2)cc1. The van der Waals surface area contributed by atoms with Crippen LogP contribution in [0.1, 0.15) is 54.5 Å². The first-order valence-electron chi connectivity index (χ1n) is 12.5. The third-order valence-corrected chi connectivity index (χ3v) is 8.78. The zero-order chi connectivity index (χ0) is 25.8. The van der Waals surface area contributed by atoms with Gasteiger partial charge in [-0.3, -0.25) is 4.90 Å². The predicted octanol–water partition coefficient (Wildman–Crippen LogP) is 3.83. The highest BCUT2D eigenvalue weighted by Crippen LogP contribution is 2.42. The van der Waals surface area contributed by atoms with Gasteiger partial charge in [-0.2, -0.15) is 0 Å². The summed E-state index contributed by atoms with van der Waals surface area (Å²) in [7, 11) is -3.94. The number of rotatable bonds is 9. The second-order valence-corrected chi connectivity index (χ2v) is 11.6. The summed E-state index contributed by atoms with van der Waals surface area (Å²) in [5.41, 5.74) is 1.09. The van der Waals surface area contributed by atoms with Crippen LogP contribution in [0, 0.1) is 5.82 Å². The molecule has 2 aliphatic heterocycles. The number of ether oxygens (including phenoxy) is 2. The van der Waals surface area contributed by atoms with Crippen LogP contribution in [0.4, 0.5) is 4.39 Å². The summed E-state index contributed by atoms with van der Waals surface area (Å²) in [4.78, 5) is 2.36. The molecule has 0 amide bonds. The lowest BCUT2D eigenvalue weighted by Gasteiger charge is -2.38. The fourth-order valence-corrected chi connectivity index (χ4v) is 6.86. The Bertz CT molecular complexity index is 1160. The van der Waals surface area contributed by atoms with Gasteiger partial charge in [0.1, 0.15) is 16.7 Å². The van der Waals surface area contributed by atoms with Crippen LogP contribution in [-0.2, 0) is 25.9 Å². The van der Waals surface area contributed by atoms with Gasteiger partial charge >= 0.3 is 0 Å². The third kappa shape index (κ3) is 6.32. The van der Waals surface area contributed by atoms with Crippen molar-refractivity contribution in [3.63, 3.8) is 0 Å². The molecule has 0 aliphatic carbocycles. The Labute approximate surface area is 213 Å². The Hall–Kier alpha value is -2.33. The molecule has 0 spiro atoms. The largest absolute Gasteiger partial charge is 0.472 e. The molecule has 1 saturated heterocycles. The van der Waals surface area contributed by atoms with E-state index in [1.165, 1.54) is 6.07 Å². The van der Waals surface area contributed by atoms with Gasteiger partial charge in [0.15, 0.2) is 0 Å². The Morgan fingerprint density at radius 2 is 1.83 bits per heavy atom. The molecule has 0 aromatic heterocycles. The molecule has 2 aromatic carbocycles. The van der Waals surface area contributed by atoms with Gasteiger partial charge < -0.3 is 14.6 Å². The van der Waals surface area contributed by atoms with E-state index in [0.717, 1.165) is 44.8 Å². The van der Waals surface area contributed by atoms with E-state index in [1.54, 1.807) is 32.0 Å². The van der Waals surface area contributed by atoms with Crippen molar-refractivity contribution in [3.05, 3.63) is 71.0 Å². The average molecular weight is 519 g/mol. The molecule has 7 nitrogen and oxygen atoms in total. The second kappa shape index (κ2) is 11.4. The number of nitrogens with zero attached hydrogens (tertiary/aromatic N) is 2. The van der Waals surface area contributed by atoms with Gasteiger partial charge in [0.05, 0.1) is 13.2 Å². The zero-order valence-electron chi connectivity index (χ0n) is 20.9. The van der Waals surface area contributed by atoms with Crippen LogP contribution < -0.4 is 0 Å². The molecule has 2 aliphatic rings. The van der Waals surface area contributed by atoms with Crippen molar-refractivity contribution in [1.29, 1.82) is 0 Å². The van der Waals surface area contributed by atoms with E-state index >= 15 is 0 Å². The van der Waals surface area contributed by atoms with Crippen LogP contribution in [0.2, 0.25) is 0 Å². The van der Waals surface area contributed by atoms with Gasteiger partial charge in [0, 0.05) is 32.7 Å². The summed E-state index contributed by atoms with van der Waals surface area (Å²) in [6, 6.07) is 13.9. The molecule has 36 heavy (non-hydrogen) atoms. The van der Waals surface area contributed by atoms with Crippen molar-refractivity contribution in [2.24, 2.45) is 4.40 Å². The predicted molar refractivity (Wildman–Crippen MR) is 137 cm³/mol. The van der Waals surface area contributed by atoms with Crippen molar-refractivity contribution < 1.29 is 27.4 Å². The molecule has 9 heteroatoms. The quantitative estimate of drug-likeness (QED) is 0.543. The number of sulfonamides is 1. The number of aliphatic hydroxyl groups is 1. The number of hydrogen-bond acceptors (Lipinski definition) is 6. The van der Waals surface area contributed by atoms with Crippen LogP contribution in [0.15, 0.2) is 52.9 Å². The van der Waals surface area contributed by atoms with Crippen molar-refractivity contribution in [1.82, 2.24) is 4.90 Å². The third-order valence-electron chi connectivity index (χ3n) is 6.89. The minimum absolute atomic E-state index is 0.0417. The van der Waals surface area contributed by atoms with Crippen molar-refractivity contribution >= 4 is 15.9 Å². The summed E-state index contributed by atoms with van der Waals surface area (Å²) in [5, 5.41) is 8.55. The van der Waals surface area contributed by atoms with E-state index in [2.05, 4.69) is 9.30 Å². The van der Waals surface area contributed by atoms with Crippen LogP contribution >= 0.6 is 0 Å². The standard InChI is InChI=1S/C27H35FN2O5S/c1-27(2)26(21-9-7-20(8-10-21)11-13-30-14-17-34-18-15-30)36(32,33)29-25(35-27)19-22(12-16-31)23-5-3-4-6-24(23)28/h3-10,22,26,31H,11-19H2,1-2H3/t22-,26?/m1/s1. The van der Waals surface area contributed by atoms with Crippen LogP contribution in [0.25, 0.3) is 0 Å². The molecule has 2 heterocycles. The average Bonchev–Trinajstić information content (AvgIpc) is 2.83. The summed E-state index contributed by atoms with van der Waals surface area (Å²) in [5.74, 6) is -0.815. The summed E-state index contributed by atoms with van der Waals surface area (Å²) >= 11 is 0. The molecule has 1 N–H and O–H groups in total. The maximum absolute atomic E-state index is 14.4. The van der Waals surface area contributed by atoms with E-state index < -0.39 is 32.6 Å². The summed E-state index contributed by atoms with van der Waals surface area (Å²) < 4.78 is 56.6. The number of hydrogen-bond donors (Lipinski definition) is 1. The molecular weight excluding hydrogens is 483 g/mol. The highest BCUT2D eigenvalue weighted by molar-refractivity contribution is 7.90. The first kappa shape index (κ1) is 26.7. The summed E-state index contributed by atoms with van der Waals surface area (Å²) in [6.07, 6.45) is 1.22. The zero-order valence-corrected chi connectivity index (χ0v) is 21.7. The highest BCUT2D eigenvalue weighted by Gasteiger charge is 2.47. The van der Waals surface area contributed by atoms with Gasteiger partial charge in [0.25, 0.3) is 10.0 Å². The van der Waals surface area contributed by atoms with Crippen molar-refractivity contribution in [2.45, 2.75) is 49.9 Å². The maximum Gasteiger partial charge on any atom is 0.267 e. The Balaban J connectivity index is 1.51. The maximum atomic E-state index is 14.4. The molecule has 2 atom stereocenters. The monoisotopic (exact) mass is 518 g/mol. The Morgan fingerprint density at radius 1 is 1.14 bits per heavy atom. The highest BCUT2D eigenvalue weighted by atomic mass is 32.2. The van der Waals surface area contributed by atoms with E-state index in [9.17, 15) is 17.9 Å². The minimum atomic E-state index is -3.94. The van der Waals surface area contributed by atoms with E-state index in [-0.39, 0.29) is 25.3 Å². The number of halogens is 1. The molecule has 0 saturated carbocycles. The normalized spacial score (nSPS) is 22.4. The molecule has 2 aromatic rings. The van der Waals surface area contributed by atoms with Crippen LogP contribution in [0.5, 0.6) is 0 Å². The molecule has 1 fully saturated rings. The van der Waals surface area contributed by atoms with Gasteiger partial charge in [-0.05, 0) is 55.4 Å². The number of benzene rings is 2. The second-order valence-electron chi connectivity index (χ2n) is 9.97. The minimum Gasteiger partial charge on any atom is -0.472 e. The van der Waals surface area contributed by atoms with Crippen LogP contribution in [-0.4, -0.2) is 69.4 Å². The molecule has 4 rings (SSSR count). The van der Waals surface area contributed by atoms with Gasteiger partial charge in [-0.1, -0.05) is 42.5 Å². The lowest BCUT2D eigenvalue weighted by molar-refractivity contribution is 0.0384. The Kier molecular flexibility index (Phi) is 8.44. The van der Waals surface area contributed by atoms with E-state index in [0.29, 0.717) is 11.1 Å². The topological polar surface area (TPSA) is 88.4 Å². The molecule has 196 valence electrons. The smallest absolute Gasteiger partial charge is 0.267 e. The van der Waals surface area contributed by atoms with Gasteiger partial charge in [-0.25, -0.2) is 12.8 Å². The molecule has 0 radical (unpaired) electrons. The first-order chi connectivity index (χ1) is 17.2. The van der Waals surface area contributed by atoms with Crippen LogP contribution in [0.3, 0.4) is 0 Å². The molecular formula is C27H35FN2O5S. The number of morpholine rings is 1. The Morgan fingerprint density at radius 3 is 2.47 bits per heavy atom.